The lowest BCUT2D eigenvalue weighted by molar-refractivity contribution is 0.623. The van der Waals surface area contributed by atoms with Crippen LogP contribution in [0.5, 0.6) is 0 Å². The molecule has 0 unspecified atom stereocenters. The number of hydrogen-bond acceptors (Lipinski definition) is 1. The molecule has 0 amide bonds. The number of azide groups is 1. The summed E-state index contributed by atoms with van der Waals surface area (Å²) in [5.74, 6) is -0.278. The van der Waals surface area contributed by atoms with Crippen molar-refractivity contribution in [2.75, 3.05) is 0 Å². The minimum Gasteiger partial charge on any atom is -0.207 e. The molecule has 0 aliphatic carbocycles. The van der Waals surface area contributed by atoms with Gasteiger partial charge in [-0.3, -0.25) is 0 Å². The van der Waals surface area contributed by atoms with Gasteiger partial charge in [0.15, 0.2) is 0 Å². The van der Waals surface area contributed by atoms with Gasteiger partial charge in [-0.25, -0.2) is 4.39 Å². The summed E-state index contributed by atoms with van der Waals surface area (Å²) < 4.78 is 12.5. The zero-order valence-electron chi connectivity index (χ0n) is 7.31. The van der Waals surface area contributed by atoms with Crippen LogP contribution in [0.2, 0.25) is 0 Å². The van der Waals surface area contributed by atoms with Gasteiger partial charge in [0.05, 0.1) is 6.04 Å². The van der Waals surface area contributed by atoms with Crippen LogP contribution in [0.15, 0.2) is 29.4 Å². The Kier molecular flexibility index (Phi) is 3.29. The predicted molar refractivity (Wildman–Crippen MR) is 48.6 cm³/mol. The Labute approximate surface area is 75.8 Å². The van der Waals surface area contributed by atoms with Crippen LogP contribution in [0, 0.1) is 5.82 Å². The van der Waals surface area contributed by atoms with Crippen LogP contribution < -0.4 is 0 Å². The van der Waals surface area contributed by atoms with Gasteiger partial charge in [0.25, 0.3) is 0 Å². The third-order valence-corrected chi connectivity index (χ3v) is 1.83. The van der Waals surface area contributed by atoms with Crippen molar-refractivity contribution in [1.82, 2.24) is 0 Å². The SMILES string of the molecule is CC[C@@H](N=[N+]=[N-])c1ccc(F)cc1. The van der Waals surface area contributed by atoms with E-state index in [9.17, 15) is 4.39 Å². The van der Waals surface area contributed by atoms with Gasteiger partial charge in [0, 0.05) is 4.91 Å². The van der Waals surface area contributed by atoms with Gasteiger partial charge in [-0.15, -0.1) is 0 Å². The molecule has 0 N–H and O–H groups in total. The third kappa shape index (κ3) is 2.46. The van der Waals surface area contributed by atoms with E-state index in [1.807, 2.05) is 6.92 Å². The van der Waals surface area contributed by atoms with E-state index in [1.54, 1.807) is 12.1 Å². The quantitative estimate of drug-likeness (QED) is 0.387. The first-order chi connectivity index (χ1) is 6.27. The molecule has 0 saturated carbocycles. The average Bonchev–Trinajstić information content (AvgIpc) is 2.16. The summed E-state index contributed by atoms with van der Waals surface area (Å²) in [6.45, 7) is 1.92. The molecule has 1 rings (SSSR count). The number of rotatable bonds is 3. The minimum atomic E-state index is -0.278. The maximum atomic E-state index is 12.5. The summed E-state index contributed by atoms with van der Waals surface area (Å²) in [5, 5.41) is 3.60. The summed E-state index contributed by atoms with van der Waals surface area (Å²) in [6, 6.07) is 5.82. The Hall–Kier alpha value is -1.54. The van der Waals surface area contributed by atoms with Crippen molar-refractivity contribution in [3.63, 3.8) is 0 Å². The van der Waals surface area contributed by atoms with Crippen molar-refractivity contribution in [3.05, 3.63) is 46.1 Å². The highest BCUT2D eigenvalue weighted by molar-refractivity contribution is 5.19. The molecule has 68 valence electrons. The van der Waals surface area contributed by atoms with Crippen LogP contribution >= 0.6 is 0 Å². The average molecular weight is 179 g/mol. The predicted octanol–water partition coefficient (Wildman–Crippen LogP) is 3.59. The van der Waals surface area contributed by atoms with Crippen LogP contribution in [0.3, 0.4) is 0 Å². The lowest BCUT2D eigenvalue weighted by Crippen LogP contribution is -1.91. The minimum absolute atomic E-state index is 0.189. The maximum absolute atomic E-state index is 12.5. The fourth-order valence-corrected chi connectivity index (χ4v) is 1.13. The molecule has 0 heterocycles. The first-order valence-electron chi connectivity index (χ1n) is 4.07. The van der Waals surface area contributed by atoms with Gasteiger partial charge in [-0.2, -0.15) is 0 Å². The number of halogens is 1. The lowest BCUT2D eigenvalue weighted by Gasteiger charge is -2.07. The Balaban J connectivity index is 2.91. The summed E-state index contributed by atoms with van der Waals surface area (Å²) >= 11 is 0. The normalized spacial score (nSPS) is 11.8. The second-order valence-electron chi connectivity index (χ2n) is 2.68. The van der Waals surface area contributed by atoms with Gasteiger partial charge in [-0.1, -0.05) is 24.2 Å². The Morgan fingerprint density at radius 1 is 1.46 bits per heavy atom. The van der Waals surface area contributed by atoms with Crippen molar-refractivity contribution in [2.45, 2.75) is 19.4 Å². The molecule has 1 atom stereocenters. The topological polar surface area (TPSA) is 48.8 Å². The van der Waals surface area contributed by atoms with E-state index >= 15 is 0 Å². The van der Waals surface area contributed by atoms with Gasteiger partial charge in [0.2, 0.25) is 0 Å². The van der Waals surface area contributed by atoms with Gasteiger partial charge in [-0.05, 0) is 29.6 Å². The van der Waals surface area contributed by atoms with Crippen molar-refractivity contribution < 1.29 is 4.39 Å². The zero-order valence-corrected chi connectivity index (χ0v) is 7.31. The van der Waals surface area contributed by atoms with E-state index in [4.69, 9.17) is 5.53 Å². The Morgan fingerprint density at radius 3 is 2.54 bits per heavy atom. The van der Waals surface area contributed by atoms with Crippen LogP contribution in [0.1, 0.15) is 24.9 Å². The molecule has 1 aromatic carbocycles. The van der Waals surface area contributed by atoms with Crippen LogP contribution in [-0.2, 0) is 0 Å². The third-order valence-electron chi connectivity index (χ3n) is 1.83. The highest BCUT2D eigenvalue weighted by Crippen LogP contribution is 2.20. The second kappa shape index (κ2) is 4.48. The van der Waals surface area contributed by atoms with Gasteiger partial charge >= 0.3 is 0 Å². The number of nitrogens with zero attached hydrogens (tertiary/aromatic N) is 3. The largest absolute Gasteiger partial charge is 0.207 e. The van der Waals surface area contributed by atoms with Crippen molar-refractivity contribution in [1.29, 1.82) is 0 Å². The summed E-state index contributed by atoms with van der Waals surface area (Å²) in [4.78, 5) is 2.74. The highest BCUT2D eigenvalue weighted by Gasteiger charge is 2.05. The molecule has 0 aliphatic rings. The summed E-state index contributed by atoms with van der Waals surface area (Å²) in [6.07, 6.45) is 0.718. The smallest absolute Gasteiger partial charge is 0.123 e. The van der Waals surface area contributed by atoms with Crippen LogP contribution in [-0.4, -0.2) is 0 Å². The van der Waals surface area contributed by atoms with Gasteiger partial charge in [0.1, 0.15) is 5.82 Å². The molecular formula is C9H10FN3. The first kappa shape index (κ1) is 9.55. The highest BCUT2D eigenvalue weighted by atomic mass is 19.1. The zero-order chi connectivity index (χ0) is 9.68. The Morgan fingerprint density at radius 2 is 2.08 bits per heavy atom. The molecule has 0 spiro atoms. The maximum Gasteiger partial charge on any atom is 0.123 e. The first-order valence-corrected chi connectivity index (χ1v) is 4.07. The standard InChI is InChI=1S/C9H10FN3/c1-2-9(12-13-11)7-3-5-8(10)6-4-7/h3-6,9H,2H2,1H3/t9-/m1/s1. The molecule has 0 radical (unpaired) electrons. The van der Waals surface area contributed by atoms with E-state index in [-0.39, 0.29) is 11.9 Å². The van der Waals surface area contributed by atoms with Crippen molar-refractivity contribution in [2.24, 2.45) is 5.11 Å². The number of hydrogen-bond donors (Lipinski definition) is 0. The second-order valence-corrected chi connectivity index (χ2v) is 2.68. The summed E-state index contributed by atoms with van der Waals surface area (Å²) in [7, 11) is 0. The fourth-order valence-electron chi connectivity index (χ4n) is 1.13. The van der Waals surface area contributed by atoms with E-state index in [1.165, 1.54) is 12.1 Å². The molecule has 0 saturated heterocycles. The van der Waals surface area contributed by atoms with E-state index < -0.39 is 0 Å². The van der Waals surface area contributed by atoms with Gasteiger partial charge < -0.3 is 0 Å². The van der Waals surface area contributed by atoms with Crippen LogP contribution in [0.4, 0.5) is 4.39 Å². The fraction of sp³-hybridized carbons (Fsp3) is 0.333. The lowest BCUT2D eigenvalue weighted by atomic mass is 10.1. The van der Waals surface area contributed by atoms with E-state index in [0.717, 1.165) is 12.0 Å². The molecule has 1 aromatic rings. The molecule has 0 aliphatic heterocycles. The van der Waals surface area contributed by atoms with Crippen molar-refractivity contribution >= 4 is 0 Å². The van der Waals surface area contributed by atoms with Crippen molar-refractivity contribution in [3.8, 4) is 0 Å². The van der Waals surface area contributed by atoms with E-state index in [0.29, 0.717) is 0 Å². The van der Waals surface area contributed by atoms with E-state index in [2.05, 4.69) is 10.0 Å². The molecule has 4 heteroatoms. The monoisotopic (exact) mass is 179 g/mol. The molecule has 0 fully saturated rings. The molecular weight excluding hydrogens is 169 g/mol. The molecule has 13 heavy (non-hydrogen) atoms. The molecule has 0 bridgehead atoms. The Bertz CT molecular complexity index is 314. The van der Waals surface area contributed by atoms with Crippen LogP contribution in [0.25, 0.3) is 10.4 Å². The number of benzene rings is 1. The molecule has 0 aromatic heterocycles. The summed E-state index contributed by atoms with van der Waals surface area (Å²) in [5.41, 5.74) is 9.12. The molecule has 3 nitrogen and oxygen atoms in total.